The predicted octanol–water partition coefficient (Wildman–Crippen LogP) is 2.84. The number of allylic oxidation sites excluding steroid dienone is 1. The van der Waals surface area contributed by atoms with Gasteiger partial charge in [0.25, 0.3) is 0 Å². The van der Waals surface area contributed by atoms with Gasteiger partial charge < -0.3 is 10.6 Å². The Kier molecular flexibility index (Phi) is 3.29. The number of nitrogens with one attached hydrogen (secondary N) is 2. The Morgan fingerprint density at radius 2 is 1.82 bits per heavy atom. The lowest BCUT2D eigenvalue weighted by atomic mass is 10.0. The standard InChI is InChI=1S/C14H16N2S/c1-14(2)10-12(15-13(17)16-14)9-8-11-6-4-3-5-7-11/h3-10H,1-2H3,(H2,15,16,17). The molecule has 0 radical (unpaired) electrons. The normalized spacial score (nSPS) is 18.5. The Morgan fingerprint density at radius 3 is 2.47 bits per heavy atom. The summed E-state index contributed by atoms with van der Waals surface area (Å²) in [5.74, 6) is 0. The van der Waals surface area contributed by atoms with Crippen LogP contribution < -0.4 is 10.6 Å². The molecule has 2 N–H and O–H groups in total. The first kappa shape index (κ1) is 11.9. The van der Waals surface area contributed by atoms with Gasteiger partial charge in [0.1, 0.15) is 0 Å². The van der Waals surface area contributed by atoms with Crippen LogP contribution >= 0.6 is 12.2 Å². The Balaban J connectivity index is 2.16. The van der Waals surface area contributed by atoms with E-state index in [0.717, 1.165) is 5.70 Å². The van der Waals surface area contributed by atoms with Crippen molar-refractivity contribution in [2.24, 2.45) is 0 Å². The van der Waals surface area contributed by atoms with Crippen LogP contribution in [-0.4, -0.2) is 10.7 Å². The third-order valence-corrected chi connectivity index (χ3v) is 2.67. The lowest BCUT2D eigenvalue weighted by molar-refractivity contribution is 0.555. The molecule has 0 bridgehead atoms. The fourth-order valence-corrected chi connectivity index (χ4v) is 2.14. The van der Waals surface area contributed by atoms with Gasteiger partial charge in [0.2, 0.25) is 0 Å². The number of rotatable bonds is 2. The van der Waals surface area contributed by atoms with Crippen molar-refractivity contribution >= 4 is 23.4 Å². The zero-order valence-corrected chi connectivity index (χ0v) is 10.8. The van der Waals surface area contributed by atoms with Gasteiger partial charge in [-0.3, -0.25) is 0 Å². The first-order chi connectivity index (χ1) is 8.05. The number of hydrogen-bond donors (Lipinski definition) is 2. The Labute approximate surface area is 107 Å². The molecule has 0 saturated heterocycles. The first-order valence-corrected chi connectivity index (χ1v) is 6.01. The molecule has 0 fully saturated rings. The van der Waals surface area contributed by atoms with Gasteiger partial charge in [-0.05, 0) is 43.8 Å². The van der Waals surface area contributed by atoms with Crippen LogP contribution in [0.5, 0.6) is 0 Å². The minimum atomic E-state index is -0.0985. The molecule has 0 unspecified atom stereocenters. The molecule has 3 heteroatoms. The molecule has 0 aliphatic carbocycles. The van der Waals surface area contributed by atoms with Gasteiger partial charge in [0, 0.05) is 5.70 Å². The lowest BCUT2D eigenvalue weighted by Crippen LogP contribution is -2.51. The van der Waals surface area contributed by atoms with E-state index in [0.29, 0.717) is 5.11 Å². The second-order valence-electron chi connectivity index (χ2n) is 4.64. The van der Waals surface area contributed by atoms with E-state index in [-0.39, 0.29) is 5.54 Å². The van der Waals surface area contributed by atoms with E-state index in [1.165, 1.54) is 5.56 Å². The van der Waals surface area contributed by atoms with Gasteiger partial charge in [-0.15, -0.1) is 0 Å². The molecule has 0 saturated carbocycles. The van der Waals surface area contributed by atoms with E-state index < -0.39 is 0 Å². The number of hydrogen-bond acceptors (Lipinski definition) is 1. The molecule has 17 heavy (non-hydrogen) atoms. The first-order valence-electron chi connectivity index (χ1n) is 5.60. The highest BCUT2D eigenvalue weighted by atomic mass is 32.1. The van der Waals surface area contributed by atoms with E-state index in [4.69, 9.17) is 12.2 Å². The summed E-state index contributed by atoms with van der Waals surface area (Å²) in [6.45, 7) is 4.19. The smallest absolute Gasteiger partial charge is 0.171 e. The Bertz CT molecular complexity index is 472. The van der Waals surface area contributed by atoms with E-state index in [1.807, 2.05) is 24.3 Å². The van der Waals surface area contributed by atoms with Gasteiger partial charge in [0.05, 0.1) is 5.54 Å². The summed E-state index contributed by atoms with van der Waals surface area (Å²) in [6, 6.07) is 10.2. The highest BCUT2D eigenvalue weighted by Gasteiger charge is 2.20. The van der Waals surface area contributed by atoms with Crippen molar-refractivity contribution in [1.82, 2.24) is 10.6 Å². The fourth-order valence-electron chi connectivity index (χ4n) is 1.76. The van der Waals surface area contributed by atoms with E-state index in [2.05, 4.69) is 48.8 Å². The topological polar surface area (TPSA) is 24.1 Å². The van der Waals surface area contributed by atoms with Crippen LogP contribution in [0.4, 0.5) is 0 Å². The molecule has 0 spiro atoms. The maximum Gasteiger partial charge on any atom is 0.171 e. The Hall–Kier alpha value is -1.61. The summed E-state index contributed by atoms with van der Waals surface area (Å²) >= 11 is 5.17. The molecule has 1 aliphatic heterocycles. The largest absolute Gasteiger partial charge is 0.354 e. The quantitative estimate of drug-likeness (QED) is 0.782. The molecule has 1 aromatic carbocycles. The van der Waals surface area contributed by atoms with Crippen molar-refractivity contribution in [2.45, 2.75) is 19.4 Å². The fraction of sp³-hybridized carbons (Fsp3) is 0.214. The second kappa shape index (κ2) is 4.72. The highest BCUT2D eigenvalue weighted by Crippen LogP contribution is 2.13. The second-order valence-corrected chi connectivity index (χ2v) is 5.05. The molecule has 88 valence electrons. The number of thiocarbonyl (C=S) groups is 1. The third-order valence-electron chi connectivity index (χ3n) is 2.46. The van der Waals surface area contributed by atoms with Crippen LogP contribution in [-0.2, 0) is 0 Å². The summed E-state index contributed by atoms with van der Waals surface area (Å²) in [7, 11) is 0. The summed E-state index contributed by atoms with van der Waals surface area (Å²) < 4.78 is 0. The maximum absolute atomic E-state index is 5.17. The average molecular weight is 244 g/mol. The molecule has 2 nitrogen and oxygen atoms in total. The van der Waals surface area contributed by atoms with E-state index >= 15 is 0 Å². The summed E-state index contributed by atoms with van der Waals surface area (Å²) in [5, 5.41) is 7.00. The van der Waals surface area contributed by atoms with Gasteiger partial charge >= 0.3 is 0 Å². The van der Waals surface area contributed by atoms with E-state index in [9.17, 15) is 0 Å². The van der Waals surface area contributed by atoms with Crippen molar-refractivity contribution in [3.8, 4) is 0 Å². The molecule has 0 amide bonds. The lowest BCUT2D eigenvalue weighted by Gasteiger charge is -2.30. The molecule has 2 rings (SSSR count). The van der Waals surface area contributed by atoms with Crippen molar-refractivity contribution < 1.29 is 0 Å². The predicted molar refractivity (Wildman–Crippen MR) is 76.5 cm³/mol. The van der Waals surface area contributed by atoms with Crippen molar-refractivity contribution in [2.75, 3.05) is 0 Å². The van der Waals surface area contributed by atoms with Crippen LogP contribution in [0.15, 0.2) is 48.2 Å². The van der Waals surface area contributed by atoms with E-state index in [1.54, 1.807) is 0 Å². The van der Waals surface area contributed by atoms with Gasteiger partial charge in [-0.25, -0.2) is 0 Å². The molecule has 1 aliphatic rings. The Morgan fingerprint density at radius 1 is 1.12 bits per heavy atom. The zero-order chi connectivity index (χ0) is 12.3. The summed E-state index contributed by atoms with van der Waals surface area (Å²) in [5.41, 5.74) is 2.11. The van der Waals surface area contributed by atoms with Gasteiger partial charge in [0.15, 0.2) is 5.11 Å². The monoisotopic (exact) mass is 244 g/mol. The van der Waals surface area contributed by atoms with Crippen LogP contribution in [0, 0.1) is 0 Å². The van der Waals surface area contributed by atoms with Crippen LogP contribution in [0.25, 0.3) is 6.08 Å². The number of benzene rings is 1. The summed E-state index contributed by atoms with van der Waals surface area (Å²) in [4.78, 5) is 0. The van der Waals surface area contributed by atoms with Crippen molar-refractivity contribution in [1.29, 1.82) is 0 Å². The molecule has 1 heterocycles. The molecule has 0 aromatic heterocycles. The van der Waals surface area contributed by atoms with Crippen LogP contribution in [0.2, 0.25) is 0 Å². The molecular formula is C14H16N2S. The maximum atomic E-state index is 5.17. The SMILES string of the molecule is CC1(C)C=C(C=Cc2ccccc2)NC(=S)N1. The van der Waals surface area contributed by atoms with Crippen molar-refractivity contribution in [3.63, 3.8) is 0 Å². The minimum Gasteiger partial charge on any atom is -0.354 e. The zero-order valence-electron chi connectivity index (χ0n) is 10.0. The average Bonchev–Trinajstić information content (AvgIpc) is 2.25. The minimum absolute atomic E-state index is 0.0985. The molecule has 0 atom stereocenters. The van der Waals surface area contributed by atoms with Gasteiger partial charge in [-0.2, -0.15) is 0 Å². The van der Waals surface area contributed by atoms with Crippen LogP contribution in [0.3, 0.4) is 0 Å². The summed E-state index contributed by atoms with van der Waals surface area (Å²) in [6.07, 6.45) is 6.25. The van der Waals surface area contributed by atoms with Crippen LogP contribution in [0.1, 0.15) is 19.4 Å². The third kappa shape index (κ3) is 3.43. The molecular weight excluding hydrogens is 228 g/mol. The van der Waals surface area contributed by atoms with Gasteiger partial charge in [-0.1, -0.05) is 36.4 Å². The molecule has 1 aromatic rings. The highest BCUT2D eigenvalue weighted by molar-refractivity contribution is 7.80. The van der Waals surface area contributed by atoms with Crippen molar-refractivity contribution in [3.05, 3.63) is 53.7 Å².